The lowest BCUT2D eigenvalue weighted by molar-refractivity contribution is -0.139. The largest absolute Gasteiger partial charge is 0.490 e. The molecule has 1 heterocycles. The molecular weight excluding hydrogens is 309 g/mol. The molecule has 0 aromatic carbocycles. The van der Waals surface area contributed by atoms with Crippen molar-refractivity contribution in [2.45, 2.75) is 49.7 Å². The number of anilines is 1. The summed E-state index contributed by atoms with van der Waals surface area (Å²) >= 11 is 0. The zero-order chi connectivity index (χ0) is 17.1. The summed E-state index contributed by atoms with van der Waals surface area (Å²) < 4.78 is 0. The quantitative estimate of drug-likeness (QED) is 0.459. The molecule has 128 valence electrons. The lowest BCUT2D eigenvalue weighted by Crippen LogP contribution is -2.65. The number of aliphatic hydroxyl groups is 1. The molecule has 6 N–H and O–H groups in total. The molecule has 1 aromatic heterocycles. The third kappa shape index (κ3) is 2.58. The average molecular weight is 331 g/mol. The summed E-state index contributed by atoms with van der Waals surface area (Å²) in [7, 11) is -1.70. The lowest BCUT2D eigenvalue weighted by Gasteiger charge is -2.60. The van der Waals surface area contributed by atoms with E-state index in [-0.39, 0.29) is 22.8 Å². The number of nitrogen functional groups attached to an aromatic ring is 1. The van der Waals surface area contributed by atoms with Crippen LogP contribution in [0.25, 0.3) is 0 Å². The SMILES string of the molecule is Nc1ncc(B(O)O)cc1C(=O)N[C@]12CC3CC(C[C@@](O)(C3)C1)C2. The molecule has 24 heavy (non-hydrogen) atoms. The number of hydrogen-bond acceptors (Lipinski definition) is 6. The van der Waals surface area contributed by atoms with E-state index in [2.05, 4.69) is 10.3 Å². The fourth-order valence-corrected chi connectivity index (χ4v) is 5.48. The molecule has 2 atom stereocenters. The minimum absolute atomic E-state index is 0.0559. The van der Waals surface area contributed by atoms with E-state index in [1.807, 2.05) is 0 Å². The van der Waals surface area contributed by atoms with E-state index in [0.29, 0.717) is 18.3 Å². The molecule has 0 aliphatic heterocycles. The van der Waals surface area contributed by atoms with Gasteiger partial charge in [0.05, 0.1) is 11.2 Å². The Morgan fingerprint density at radius 2 is 1.96 bits per heavy atom. The number of amides is 1. The van der Waals surface area contributed by atoms with E-state index in [1.165, 1.54) is 12.3 Å². The highest BCUT2D eigenvalue weighted by atomic mass is 16.4. The summed E-state index contributed by atoms with van der Waals surface area (Å²) in [5, 5.41) is 32.4. The van der Waals surface area contributed by atoms with Gasteiger partial charge in [0.15, 0.2) is 0 Å². The summed E-state index contributed by atoms with van der Waals surface area (Å²) in [6.45, 7) is 0. The van der Waals surface area contributed by atoms with Crippen molar-refractivity contribution < 1.29 is 19.9 Å². The van der Waals surface area contributed by atoms with Gasteiger partial charge in [-0.15, -0.1) is 0 Å². The van der Waals surface area contributed by atoms with Gasteiger partial charge < -0.3 is 26.2 Å². The Kier molecular flexibility index (Phi) is 3.42. The highest BCUT2D eigenvalue weighted by Crippen LogP contribution is 2.57. The van der Waals surface area contributed by atoms with E-state index in [9.17, 15) is 19.9 Å². The van der Waals surface area contributed by atoms with Crippen molar-refractivity contribution in [2.75, 3.05) is 5.73 Å². The minimum Gasteiger partial charge on any atom is -0.423 e. The predicted octanol–water partition coefficient (Wildman–Crippen LogP) is -0.843. The van der Waals surface area contributed by atoms with Crippen molar-refractivity contribution in [3.05, 3.63) is 17.8 Å². The summed E-state index contributed by atoms with van der Waals surface area (Å²) in [5.41, 5.74) is 5.01. The zero-order valence-corrected chi connectivity index (χ0v) is 13.4. The molecule has 7 nitrogen and oxygen atoms in total. The van der Waals surface area contributed by atoms with Gasteiger partial charge in [-0.3, -0.25) is 4.79 Å². The van der Waals surface area contributed by atoms with E-state index in [0.717, 1.165) is 32.1 Å². The Morgan fingerprint density at radius 3 is 2.54 bits per heavy atom. The van der Waals surface area contributed by atoms with Gasteiger partial charge in [0.1, 0.15) is 5.82 Å². The van der Waals surface area contributed by atoms with Gasteiger partial charge in [0, 0.05) is 17.2 Å². The number of aromatic nitrogens is 1. The Labute approximate surface area is 140 Å². The summed E-state index contributed by atoms with van der Waals surface area (Å²) in [4.78, 5) is 16.6. The number of nitrogens with zero attached hydrogens (tertiary/aromatic N) is 1. The molecule has 8 heteroatoms. The molecule has 1 amide bonds. The molecule has 4 aliphatic rings. The van der Waals surface area contributed by atoms with Crippen LogP contribution in [0.4, 0.5) is 5.82 Å². The Hall–Kier alpha value is -1.64. The van der Waals surface area contributed by atoms with Crippen molar-refractivity contribution in [3.63, 3.8) is 0 Å². The standard InChI is InChI=1S/C16H22BN3O4/c18-13-12(2-11(7-19-13)17(23)24)14(21)20-15-3-9-1-10(4-15)6-16(22,5-9)8-15/h2,7,9-10,22-24H,1,3-6,8H2,(H2,18,19)(H,20,21)/t9?,10?,15-,16-. The summed E-state index contributed by atoms with van der Waals surface area (Å²) in [5.74, 6) is 0.601. The maximum atomic E-state index is 12.8. The first-order chi connectivity index (χ1) is 11.3. The van der Waals surface area contributed by atoms with E-state index >= 15 is 0 Å². The first-order valence-electron chi connectivity index (χ1n) is 8.44. The van der Waals surface area contributed by atoms with Crippen molar-refractivity contribution in [3.8, 4) is 0 Å². The number of pyridine rings is 1. The van der Waals surface area contributed by atoms with Crippen LogP contribution in [-0.2, 0) is 0 Å². The van der Waals surface area contributed by atoms with Crippen LogP contribution in [-0.4, -0.2) is 44.3 Å². The molecular formula is C16H22BN3O4. The second-order valence-electron chi connectivity index (χ2n) is 7.99. The van der Waals surface area contributed by atoms with Crippen LogP contribution >= 0.6 is 0 Å². The Balaban J connectivity index is 1.60. The van der Waals surface area contributed by atoms with Crippen LogP contribution in [0.2, 0.25) is 0 Å². The third-order valence-electron chi connectivity index (χ3n) is 5.89. The van der Waals surface area contributed by atoms with Gasteiger partial charge in [-0.05, 0) is 56.4 Å². The molecule has 4 bridgehead atoms. The molecule has 0 spiro atoms. The molecule has 2 unspecified atom stereocenters. The van der Waals surface area contributed by atoms with Crippen molar-refractivity contribution in [1.82, 2.24) is 10.3 Å². The first kappa shape index (κ1) is 15.9. The van der Waals surface area contributed by atoms with Gasteiger partial charge in [-0.25, -0.2) is 4.98 Å². The van der Waals surface area contributed by atoms with Crippen LogP contribution in [0.3, 0.4) is 0 Å². The van der Waals surface area contributed by atoms with Crippen molar-refractivity contribution in [2.24, 2.45) is 11.8 Å². The molecule has 5 rings (SSSR count). The number of carbonyl (C=O) groups excluding carboxylic acids is 1. The lowest BCUT2D eigenvalue weighted by atomic mass is 9.51. The molecule has 4 saturated carbocycles. The van der Waals surface area contributed by atoms with Crippen LogP contribution in [0.1, 0.15) is 48.9 Å². The molecule has 0 saturated heterocycles. The van der Waals surface area contributed by atoms with Crippen LogP contribution in [0, 0.1) is 11.8 Å². The fraction of sp³-hybridized carbons (Fsp3) is 0.625. The maximum Gasteiger partial charge on any atom is 0.490 e. The second-order valence-corrected chi connectivity index (χ2v) is 7.99. The van der Waals surface area contributed by atoms with Crippen molar-refractivity contribution in [1.29, 1.82) is 0 Å². The summed E-state index contributed by atoms with van der Waals surface area (Å²) in [6.07, 6.45) is 6.38. The van der Waals surface area contributed by atoms with Gasteiger partial charge >= 0.3 is 7.12 Å². The highest BCUT2D eigenvalue weighted by Gasteiger charge is 2.57. The monoisotopic (exact) mass is 331 g/mol. The van der Waals surface area contributed by atoms with Crippen LogP contribution < -0.4 is 16.5 Å². The zero-order valence-electron chi connectivity index (χ0n) is 13.4. The third-order valence-corrected chi connectivity index (χ3v) is 5.89. The number of nitrogens with two attached hydrogens (primary N) is 1. The van der Waals surface area contributed by atoms with E-state index in [1.54, 1.807) is 0 Å². The molecule has 4 fully saturated rings. The molecule has 1 aromatic rings. The van der Waals surface area contributed by atoms with Gasteiger partial charge in [-0.1, -0.05) is 0 Å². The fourth-order valence-electron chi connectivity index (χ4n) is 5.48. The van der Waals surface area contributed by atoms with Gasteiger partial charge in [-0.2, -0.15) is 0 Å². The number of carbonyl (C=O) groups is 1. The van der Waals surface area contributed by atoms with Gasteiger partial charge in [0.25, 0.3) is 5.91 Å². The topological polar surface area (TPSA) is 129 Å². The maximum absolute atomic E-state index is 12.8. The van der Waals surface area contributed by atoms with Crippen molar-refractivity contribution >= 4 is 24.3 Å². The minimum atomic E-state index is -1.70. The number of hydrogen-bond donors (Lipinski definition) is 5. The first-order valence-corrected chi connectivity index (χ1v) is 8.44. The summed E-state index contributed by atoms with van der Waals surface area (Å²) in [6, 6.07) is 1.36. The van der Waals surface area contributed by atoms with E-state index < -0.39 is 18.3 Å². The average Bonchev–Trinajstić information content (AvgIpc) is 2.43. The molecule has 0 radical (unpaired) electrons. The highest BCUT2D eigenvalue weighted by molar-refractivity contribution is 6.58. The normalized spacial score (nSPS) is 36.6. The molecule has 4 aliphatic carbocycles. The number of nitrogens with one attached hydrogen (secondary N) is 1. The number of rotatable bonds is 3. The van der Waals surface area contributed by atoms with Crippen LogP contribution in [0.15, 0.2) is 12.3 Å². The van der Waals surface area contributed by atoms with Gasteiger partial charge in [0.2, 0.25) is 0 Å². The smallest absolute Gasteiger partial charge is 0.423 e. The Bertz CT molecular complexity index is 682. The van der Waals surface area contributed by atoms with Crippen LogP contribution in [0.5, 0.6) is 0 Å². The Morgan fingerprint density at radius 1 is 1.29 bits per heavy atom. The van der Waals surface area contributed by atoms with E-state index in [4.69, 9.17) is 5.73 Å². The second kappa shape index (κ2) is 5.18. The predicted molar refractivity (Wildman–Crippen MR) is 88.3 cm³/mol.